The molecule has 2 rings (SSSR count). The first-order valence-corrected chi connectivity index (χ1v) is 4.98. The van der Waals surface area contributed by atoms with Gasteiger partial charge in [0.15, 0.2) is 0 Å². The number of hydrogen-bond acceptors (Lipinski definition) is 3. The summed E-state index contributed by atoms with van der Waals surface area (Å²) in [5, 5.41) is 7.53. The standard InChI is InChI=1S/C11H15N3O/c1-8-2-3-9(10(12)6-8)7-14-4-5-15-11(14)13/h2-3,6,13H,4-5,7,12H2,1H3. The molecule has 1 heterocycles. The first-order valence-electron chi connectivity index (χ1n) is 4.98. The van der Waals surface area contributed by atoms with Gasteiger partial charge in [0.25, 0.3) is 6.02 Å². The predicted octanol–water partition coefficient (Wildman–Crippen LogP) is 1.34. The Bertz CT molecular complexity index is 389. The summed E-state index contributed by atoms with van der Waals surface area (Å²) in [6.45, 7) is 4.04. The molecule has 0 saturated carbocycles. The molecule has 1 aliphatic heterocycles. The van der Waals surface area contributed by atoms with Crippen molar-refractivity contribution in [3.63, 3.8) is 0 Å². The first kappa shape index (κ1) is 9.83. The lowest BCUT2D eigenvalue weighted by atomic mass is 10.1. The Morgan fingerprint density at radius 2 is 2.33 bits per heavy atom. The Morgan fingerprint density at radius 1 is 1.53 bits per heavy atom. The van der Waals surface area contributed by atoms with Crippen LogP contribution in [0.25, 0.3) is 0 Å². The second-order valence-corrected chi connectivity index (χ2v) is 3.78. The molecule has 0 radical (unpaired) electrons. The number of nitrogens with one attached hydrogen (secondary N) is 1. The Labute approximate surface area is 89.1 Å². The highest BCUT2D eigenvalue weighted by atomic mass is 16.5. The van der Waals surface area contributed by atoms with Crippen LogP contribution in [0.2, 0.25) is 0 Å². The molecule has 1 aromatic carbocycles. The number of nitrogens with two attached hydrogens (primary N) is 1. The summed E-state index contributed by atoms with van der Waals surface area (Å²) in [5.41, 5.74) is 8.90. The van der Waals surface area contributed by atoms with E-state index in [9.17, 15) is 0 Å². The lowest BCUT2D eigenvalue weighted by Crippen LogP contribution is -2.24. The van der Waals surface area contributed by atoms with E-state index in [0.29, 0.717) is 13.2 Å². The van der Waals surface area contributed by atoms with Crippen LogP contribution in [0.15, 0.2) is 18.2 Å². The Balaban J connectivity index is 2.13. The topological polar surface area (TPSA) is 62.3 Å². The van der Waals surface area contributed by atoms with E-state index in [0.717, 1.165) is 23.4 Å². The zero-order chi connectivity index (χ0) is 10.8. The first-order chi connectivity index (χ1) is 7.16. The van der Waals surface area contributed by atoms with Crippen LogP contribution in [0.3, 0.4) is 0 Å². The summed E-state index contributed by atoms with van der Waals surface area (Å²) in [6, 6.07) is 6.24. The van der Waals surface area contributed by atoms with Crippen molar-refractivity contribution in [2.24, 2.45) is 0 Å². The van der Waals surface area contributed by atoms with Crippen LogP contribution in [-0.2, 0) is 11.3 Å². The summed E-state index contributed by atoms with van der Waals surface area (Å²) >= 11 is 0. The number of rotatable bonds is 2. The van der Waals surface area contributed by atoms with E-state index in [1.807, 2.05) is 30.0 Å². The molecule has 1 aliphatic rings. The average molecular weight is 205 g/mol. The lowest BCUT2D eigenvalue weighted by Gasteiger charge is -2.16. The molecule has 3 N–H and O–H groups in total. The molecule has 15 heavy (non-hydrogen) atoms. The summed E-state index contributed by atoms with van der Waals surface area (Å²) in [6.07, 6.45) is 0. The molecule has 1 fully saturated rings. The van der Waals surface area contributed by atoms with E-state index < -0.39 is 0 Å². The van der Waals surface area contributed by atoms with Crippen molar-refractivity contribution in [2.45, 2.75) is 13.5 Å². The van der Waals surface area contributed by atoms with Crippen LogP contribution in [0.1, 0.15) is 11.1 Å². The van der Waals surface area contributed by atoms with E-state index in [2.05, 4.69) is 0 Å². The van der Waals surface area contributed by atoms with Crippen molar-refractivity contribution in [1.29, 1.82) is 5.41 Å². The highest BCUT2D eigenvalue weighted by Gasteiger charge is 2.18. The molecule has 0 bridgehead atoms. The molecule has 0 unspecified atom stereocenters. The molecule has 4 nitrogen and oxygen atoms in total. The summed E-state index contributed by atoms with van der Waals surface area (Å²) in [4.78, 5) is 1.88. The number of ether oxygens (including phenoxy) is 1. The highest BCUT2D eigenvalue weighted by molar-refractivity contribution is 5.72. The molecule has 1 aromatic rings. The second kappa shape index (κ2) is 3.81. The van der Waals surface area contributed by atoms with Crippen molar-refractivity contribution in [3.05, 3.63) is 29.3 Å². The van der Waals surface area contributed by atoms with Gasteiger partial charge in [0, 0.05) is 12.2 Å². The minimum atomic E-state index is 0.245. The number of nitrogens with zero attached hydrogens (tertiary/aromatic N) is 1. The SMILES string of the molecule is Cc1ccc(CN2CCOC2=N)c(N)c1. The minimum Gasteiger partial charge on any atom is -0.463 e. The maximum atomic E-state index is 7.53. The van der Waals surface area contributed by atoms with Gasteiger partial charge in [0.05, 0.1) is 6.54 Å². The second-order valence-electron chi connectivity index (χ2n) is 3.78. The molecule has 0 atom stereocenters. The van der Waals surface area contributed by atoms with Gasteiger partial charge in [0.1, 0.15) is 6.61 Å². The minimum absolute atomic E-state index is 0.245. The molecular weight excluding hydrogens is 190 g/mol. The maximum Gasteiger partial charge on any atom is 0.284 e. The van der Waals surface area contributed by atoms with Crippen LogP contribution >= 0.6 is 0 Å². The molecule has 80 valence electrons. The van der Waals surface area contributed by atoms with Gasteiger partial charge in [-0.25, -0.2) is 0 Å². The Kier molecular flexibility index (Phi) is 2.49. The maximum absolute atomic E-state index is 7.53. The van der Waals surface area contributed by atoms with E-state index in [1.54, 1.807) is 0 Å². The van der Waals surface area contributed by atoms with Gasteiger partial charge in [-0.05, 0) is 24.1 Å². The normalized spacial score (nSPS) is 15.5. The highest BCUT2D eigenvalue weighted by Crippen LogP contribution is 2.17. The number of nitrogen functional groups attached to an aromatic ring is 1. The third kappa shape index (κ3) is 2.03. The van der Waals surface area contributed by atoms with Gasteiger partial charge in [0.2, 0.25) is 0 Å². The van der Waals surface area contributed by atoms with Crippen LogP contribution in [0, 0.1) is 12.3 Å². The van der Waals surface area contributed by atoms with Crippen molar-refractivity contribution in [3.8, 4) is 0 Å². The third-order valence-corrected chi connectivity index (χ3v) is 2.55. The Morgan fingerprint density at radius 3 is 2.93 bits per heavy atom. The number of benzene rings is 1. The largest absolute Gasteiger partial charge is 0.463 e. The van der Waals surface area contributed by atoms with Gasteiger partial charge >= 0.3 is 0 Å². The van der Waals surface area contributed by atoms with Gasteiger partial charge < -0.3 is 15.4 Å². The van der Waals surface area contributed by atoms with Gasteiger partial charge in [-0.3, -0.25) is 5.41 Å². The fraction of sp³-hybridized carbons (Fsp3) is 0.364. The molecule has 0 amide bonds. The molecule has 0 spiro atoms. The third-order valence-electron chi connectivity index (χ3n) is 2.55. The van der Waals surface area contributed by atoms with Crippen LogP contribution in [0.4, 0.5) is 5.69 Å². The Hall–Kier alpha value is -1.71. The predicted molar refractivity (Wildman–Crippen MR) is 59.7 cm³/mol. The molecule has 4 heteroatoms. The van der Waals surface area contributed by atoms with Crippen molar-refractivity contribution >= 4 is 11.7 Å². The van der Waals surface area contributed by atoms with Gasteiger partial charge in [-0.15, -0.1) is 0 Å². The number of anilines is 1. The number of aryl methyl sites for hydroxylation is 1. The molecular formula is C11H15N3O. The van der Waals surface area contributed by atoms with Crippen LogP contribution < -0.4 is 5.73 Å². The quantitative estimate of drug-likeness (QED) is 0.716. The van der Waals surface area contributed by atoms with Crippen LogP contribution in [0.5, 0.6) is 0 Å². The summed E-state index contributed by atoms with van der Waals surface area (Å²) in [5.74, 6) is 0. The van der Waals surface area contributed by atoms with Crippen LogP contribution in [-0.4, -0.2) is 24.1 Å². The average Bonchev–Trinajstić information content (AvgIpc) is 2.57. The number of amidine groups is 1. The number of hydrogen-bond donors (Lipinski definition) is 2. The fourth-order valence-electron chi connectivity index (χ4n) is 1.66. The smallest absolute Gasteiger partial charge is 0.284 e. The molecule has 1 saturated heterocycles. The van der Waals surface area contributed by atoms with E-state index in [-0.39, 0.29) is 6.02 Å². The van der Waals surface area contributed by atoms with E-state index in [4.69, 9.17) is 15.9 Å². The monoisotopic (exact) mass is 205 g/mol. The summed E-state index contributed by atoms with van der Waals surface area (Å²) in [7, 11) is 0. The van der Waals surface area contributed by atoms with Gasteiger partial charge in [-0.1, -0.05) is 12.1 Å². The zero-order valence-corrected chi connectivity index (χ0v) is 8.79. The van der Waals surface area contributed by atoms with E-state index >= 15 is 0 Å². The van der Waals surface area contributed by atoms with Gasteiger partial charge in [-0.2, -0.15) is 0 Å². The van der Waals surface area contributed by atoms with Crippen molar-refractivity contribution in [2.75, 3.05) is 18.9 Å². The lowest BCUT2D eigenvalue weighted by molar-refractivity contribution is 0.348. The molecule has 0 aromatic heterocycles. The zero-order valence-electron chi connectivity index (χ0n) is 8.79. The molecule has 0 aliphatic carbocycles. The van der Waals surface area contributed by atoms with Crippen molar-refractivity contribution < 1.29 is 4.74 Å². The van der Waals surface area contributed by atoms with E-state index in [1.165, 1.54) is 0 Å². The summed E-state index contributed by atoms with van der Waals surface area (Å²) < 4.78 is 5.07. The fourth-order valence-corrected chi connectivity index (χ4v) is 1.66. The van der Waals surface area contributed by atoms with Crippen molar-refractivity contribution in [1.82, 2.24) is 4.90 Å².